The Morgan fingerprint density at radius 2 is 2.32 bits per heavy atom. The third kappa shape index (κ3) is 2.92. The van der Waals surface area contributed by atoms with Crippen LogP contribution in [0.25, 0.3) is 0 Å². The first-order valence-electron chi connectivity index (χ1n) is 6.57. The number of hydrogen-bond acceptors (Lipinski definition) is 4. The van der Waals surface area contributed by atoms with Crippen LogP contribution < -0.4 is 10.1 Å². The number of halogens is 1. The highest BCUT2D eigenvalue weighted by Crippen LogP contribution is 2.36. The monoisotopic (exact) mass is 340 g/mol. The van der Waals surface area contributed by atoms with E-state index in [9.17, 15) is 0 Å². The number of anilines is 1. The first-order chi connectivity index (χ1) is 9.26. The van der Waals surface area contributed by atoms with Gasteiger partial charge in [0.25, 0.3) is 0 Å². The lowest BCUT2D eigenvalue weighted by molar-refractivity contribution is 0.412. The quantitative estimate of drug-likeness (QED) is 0.878. The molecule has 0 aromatic heterocycles. The Morgan fingerprint density at radius 3 is 3.11 bits per heavy atom. The number of benzene rings is 1. The molecule has 19 heavy (non-hydrogen) atoms. The summed E-state index contributed by atoms with van der Waals surface area (Å²) in [5.41, 5.74) is 1.05. The number of hydrogen-bond donors (Lipinski definition) is 1. The number of amidine groups is 1. The summed E-state index contributed by atoms with van der Waals surface area (Å²) in [6, 6.07) is 6.56. The molecular formula is C14H17BrN2OS. The van der Waals surface area contributed by atoms with Gasteiger partial charge in [0.2, 0.25) is 0 Å². The maximum Gasteiger partial charge on any atom is 0.161 e. The summed E-state index contributed by atoms with van der Waals surface area (Å²) in [7, 11) is 1.68. The molecule has 1 aromatic carbocycles. The normalized spacial score (nSPS) is 25.7. The fourth-order valence-corrected chi connectivity index (χ4v) is 4.39. The van der Waals surface area contributed by atoms with Gasteiger partial charge in [0.1, 0.15) is 5.75 Å². The first-order valence-corrected chi connectivity index (χ1v) is 8.35. The van der Waals surface area contributed by atoms with Crippen LogP contribution in [0.2, 0.25) is 0 Å². The molecule has 0 radical (unpaired) electrons. The van der Waals surface area contributed by atoms with Crippen LogP contribution in [0.15, 0.2) is 27.7 Å². The number of aliphatic imine (C=N–C) groups is 1. The summed E-state index contributed by atoms with van der Waals surface area (Å²) in [6.07, 6.45) is 3.94. The van der Waals surface area contributed by atoms with E-state index in [0.717, 1.165) is 27.0 Å². The number of methoxy groups -OCH3 is 1. The van der Waals surface area contributed by atoms with E-state index in [4.69, 9.17) is 9.73 Å². The number of ether oxygens (including phenoxy) is 1. The van der Waals surface area contributed by atoms with Gasteiger partial charge < -0.3 is 10.1 Å². The summed E-state index contributed by atoms with van der Waals surface area (Å²) in [4.78, 5) is 4.83. The van der Waals surface area contributed by atoms with Crippen LogP contribution in [0, 0.1) is 5.92 Å². The molecule has 102 valence electrons. The Hall–Kier alpha value is -0.680. The van der Waals surface area contributed by atoms with Crippen molar-refractivity contribution in [1.29, 1.82) is 0 Å². The van der Waals surface area contributed by atoms with Crippen molar-refractivity contribution in [2.45, 2.75) is 25.3 Å². The van der Waals surface area contributed by atoms with Crippen LogP contribution in [0.4, 0.5) is 5.69 Å². The molecule has 3 rings (SSSR count). The minimum absolute atomic E-state index is 0.547. The molecule has 0 spiro atoms. The van der Waals surface area contributed by atoms with Gasteiger partial charge in [0.05, 0.1) is 17.6 Å². The average molecular weight is 341 g/mol. The fraction of sp³-hybridized carbons (Fsp3) is 0.500. The second-order valence-electron chi connectivity index (χ2n) is 4.98. The van der Waals surface area contributed by atoms with Gasteiger partial charge >= 0.3 is 0 Å². The van der Waals surface area contributed by atoms with Crippen LogP contribution in [0.5, 0.6) is 5.75 Å². The molecule has 1 aliphatic carbocycles. The van der Waals surface area contributed by atoms with E-state index in [-0.39, 0.29) is 0 Å². The van der Waals surface area contributed by atoms with Crippen LogP contribution in [-0.4, -0.2) is 24.1 Å². The van der Waals surface area contributed by atoms with E-state index in [1.807, 2.05) is 30.0 Å². The molecule has 1 heterocycles. The molecule has 2 atom stereocenters. The van der Waals surface area contributed by atoms with E-state index in [0.29, 0.717) is 6.04 Å². The number of nitrogens with one attached hydrogen (secondary N) is 1. The van der Waals surface area contributed by atoms with Crippen molar-refractivity contribution < 1.29 is 4.74 Å². The molecule has 5 heteroatoms. The van der Waals surface area contributed by atoms with E-state index in [2.05, 4.69) is 21.2 Å². The number of rotatable bonds is 2. The van der Waals surface area contributed by atoms with Gasteiger partial charge in [0, 0.05) is 11.4 Å². The summed E-state index contributed by atoms with van der Waals surface area (Å²) < 4.78 is 6.20. The number of thioether (sulfide) groups is 1. The fourth-order valence-electron chi connectivity index (χ4n) is 2.69. The van der Waals surface area contributed by atoms with Crippen molar-refractivity contribution in [2.24, 2.45) is 10.9 Å². The third-order valence-electron chi connectivity index (χ3n) is 3.74. The number of fused-ring (bicyclic) bond motifs is 1. The molecule has 3 nitrogen and oxygen atoms in total. The predicted molar refractivity (Wildman–Crippen MR) is 85.3 cm³/mol. The van der Waals surface area contributed by atoms with Gasteiger partial charge in [-0.1, -0.05) is 18.2 Å². The van der Waals surface area contributed by atoms with Crippen LogP contribution >= 0.6 is 27.7 Å². The second kappa shape index (κ2) is 5.75. The van der Waals surface area contributed by atoms with Crippen molar-refractivity contribution in [3.8, 4) is 5.75 Å². The van der Waals surface area contributed by atoms with Crippen LogP contribution in [0.1, 0.15) is 19.3 Å². The van der Waals surface area contributed by atoms with Crippen LogP contribution in [-0.2, 0) is 0 Å². The lowest BCUT2D eigenvalue weighted by Gasteiger charge is -2.23. The molecule has 1 fully saturated rings. The van der Waals surface area contributed by atoms with Crippen molar-refractivity contribution in [3.63, 3.8) is 0 Å². The molecule has 2 aliphatic rings. The highest BCUT2D eigenvalue weighted by molar-refractivity contribution is 9.10. The Morgan fingerprint density at radius 1 is 1.42 bits per heavy atom. The van der Waals surface area contributed by atoms with Crippen molar-refractivity contribution >= 4 is 38.5 Å². The SMILES string of the molecule is COc1ccc(NC2=NC3CCCC3CS2)cc1Br. The summed E-state index contributed by atoms with van der Waals surface area (Å²) in [6.45, 7) is 0. The molecule has 0 amide bonds. The lowest BCUT2D eigenvalue weighted by atomic mass is 10.1. The highest BCUT2D eigenvalue weighted by Gasteiger charge is 2.30. The Kier molecular flexibility index (Phi) is 4.03. The smallest absolute Gasteiger partial charge is 0.161 e. The van der Waals surface area contributed by atoms with E-state index in [1.54, 1.807) is 7.11 Å². The zero-order chi connectivity index (χ0) is 13.2. The topological polar surface area (TPSA) is 33.6 Å². The maximum absolute atomic E-state index is 5.24. The minimum atomic E-state index is 0.547. The summed E-state index contributed by atoms with van der Waals surface area (Å²) in [5.74, 6) is 2.85. The minimum Gasteiger partial charge on any atom is -0.496 e. The van der Waals surface area contributed by atoms with Crippen molar-refractivity contribution in [1.82, 2.24) is 0 Å². The molecular weight excluding hydrogens is 324 g/mol. The molecule has 1 aliphatic heterocycles. The first kappa shape index (κ1) is 13.3. The molecule has 0 saturated heterocycles. The second-order valence-corrected chi connectivity index (χ2v) is 6.84. The Balaban J connectivity index is 1.73. The largest absolute Gasteiger partial charge is 0.496 e. The van der Waals surface area contributed by atoms with E-state index >= 15 is 0 Å². The number of nitrogens with zero attached hydrogens (tertiary/aromatic N) is 1. The highest BCUT2D eigenvalue weighted by atomic mass is 79.9. The zero-order valence-corrected chi connectivity index (χ0v) is 13.3. The van der Waals surface area contributed by atoms with Gasteiger partial charge in [-0.2, -0.15) is 0 Å². The van der Waals surface area contributed by atoms with Gasteiger partial charge in [-0.15, -0.1) is 0 Å². The van der Waals surface area contributed by atoms with Crippen LogP contribution in [0.3, 0.4) is 0 Å². The molecule has 1 aromatic rings. The van der Waals surface area contributed by atoms with Gasteiger partial charge in [0.15, 0.2) is 5.17 Å². The van der Waals surface area contributed by atoms with Crippen molar-refractivity contribution in [3.05, 3.63) is 22.7 Å². The van der Waals surface area contributed by atoms with Crippen molar-refractivity contribution in [2.75, 3.05) is 18.2 Å². The summed E-state index contributed by atoms with van der Waals surface area (Å²) >= 11 is 5.35. The molecule has 0 bridgehead atoms. The Labute approximate surface area is 126 Å². The van der Waals surface area contributed by atoms with Gasteiger partial charge in [-0.05, 0) is 52.9 Å². The Bertz CT molecular complexity index is 506. The predicted octanol–water partition coefficient (Wildman–Crippen LogP) is 4.14. The van der Waals surface area contributed by atoms with E-state index < -0.39 is 0 Å². The lowest BCUT2D eigenvalue weighted by Crippen LogP contribution is -2.25. The zero-order valence-electron chi connectivity index (χ0n) is 10.9. The van der Waals surface area contributed by atoms with Gasteiger partial charge in [-0.3, -0.25) is 4.99 Å². The standard InChI is InChI=1S/C14H17BrN2OS/c1-18-13-6-5-10(7-11(13)15)16-14-17-12-4-2-3-9(12)8-19-14/h5-7,9,12H,2-4,8H2,1H3,(H,16,17). The third-order valence-corrected chi connectivity index (χ3v) is 5.43. The van der Waals surface area contributed by atoms with E-state index in [1.165, 1.54) is 25.0 Å². The maximum atomic E-state index is 5.24. The summed E-state index contributed by atoms with van der Waals surface area (Å²) in [5, 5.41) is 4.47. The van der Waals surface area contributed by atoms with Gasteiger partial charge in [-0.25, -0.2) is 0 Å². The molecule has 1 N–H and O–H groups in total. The molecule has 1 saturated carbocycles. The average Bonchev–Trinajstić information content (AvgIpc) is 2.86. The molecule has 2 unspecified atom stereocenters.